The highest BCUT2D eigenvalue weighted by atomic mass is 32.1. The van der Waals surface area contributed by atoms with E-state index in [1.165, 1.54) is 10.4 Å². The van der Waals surface area contributed by atoms with Crippen LogP contribution in [0.1, 0.15) is 30.2 Å². The van der Waals surface area contributed by atoms with E-state index in [4.69, 9.17) is 5.73 Å². The van der Waals surface area contributed by atoms with Crippen LogP contribution in [0.3, 0.4) is 0 Å². The molecule has 0 unspecified atom stereocenters. The van der Waals surface area contributed by atoms with E-state index >= 15 is 0 Å². The van der Waals surface area contributed by atoms with Gasteiger partial charge < -0.3 is 10.8 Å². The summed E-state index contributed by atoms with van der Waals surface area (Å²) in [5.41, 5.74) is 7.31. The zero-order valence-electron chi connectivity index (χ0n) is 7.79. The number of thiophene rings is 1. The van der Waals surface area contributed by atoms with Crippen LogP contribution in [-0.2, 0) is 12.0 Å². The van der Waals surface area contributed by atoms with Gasteiger partial charge in [-0.05, 0) is 36.3 Å². The van der Waals surface area contributed by atoms with Crippen LogP contribution in [0.2, 0.25) is 0 Å². The van der Waals surface area contributed by atoms with Gasteiger partial charge in [-0.25, -0.2) is 0 Å². The Labute approximate surface area is 82.4 Å². The Hall–Kier alpha value is -0.380. The maximum Gasteiger partial charge on any atom is 0.0582 e. The van der Waals surface area contributed by atoms with Crippen molar-refractivity contribution in [1.29, 1.82) is 0 Å². The van der Waals surface area contributed by atoms with Crippen LogP contribution in [0.4, 0.5) is 0 Å². The van der Waals surface area contributed by atoms with Gasteiger partial charge in [0.15, 0.2) is 0 Å². The molecule has 1 heterocycles. The van der Waals surface area contributed by atoms with Crippen molar-refractivity contribution in [3.05, 3.63) is 21.9 Å². The lowest BCUT2D eigenvalue weighted by Crippen LogP contribution is -2.51. The van der Waals surface area contributed by atoms with Crippen LogP contribution in [0, 0.1) is 0 Å². The molecule has 2 rings (SSSR count). The molecule has 1 aliphatic carbocycles. The van der Waals surface area contributed by atoms with Gasteiger partial charge in [-0.1, -0.05) is 6.92 Å². The molecule has 72 valence electrons. The van der Waals surface area contributed by atoms with Gasteiger partial charge in [0.1, 0.15) is 0 Å². The van der Waals surface area contributed by atoms with E-state index in [0.717, 1.165) is 19.3 Å². The maximum absolute atomic E-state index is 9.27. The summed E-state index contributed by atoms with van der Waals surface area (Å²) in [6, 6.07) is 2.14. The van der Waals surface area contributed by atoms with Gasteiger partial charge in [-0.3, -0.25) is 0 Å². The van der Waals surface area contributed by atoms with E-state index in [0.29, 0.717) is 0 Å². The first-order chi connectivity index (χ1) is 6.15. The number of rotatable bonds is 2. The minimum Gasteiger partial charge on any atom is -0.393 e. The number of hydrogen-bond acceptors (Lipinski definition) is 3. The minimum absolute atomic E-state index is 0.184. The topological polar surface area (TPSA) is 46.2 Å². The first-order valence-corrected chi connectivity index (χ1v) is 5.57. The molecule has 2 nitrogen and oxygen atoms in total. The summed E-state index contributed by atoms with van der Waals surface area (Å²) in [7, 11) is 0. The van der Waals surface area contributed by atoms with E-state index in [-0.39, 0.29) is 11.6 Å². The van der Waals surface area contributed by atoms with E-state index in [9.17, 15) is 5.11 Å². The van der Waals surface area contributed by atoms with E-state index in [2.05, 4.69) is 18.4 Å². The SMILES string of the molecule is CCc1ccsc1C1(N)CC(O)C1. The Morgan fingerprint density at radius 3 is 2.92 bits per heavy atom. The van der Waals surface area contributed by atoms with Crippen LogP contribution >= 0.6 is 11.3 Å². The molecule has 1 fully saturated rings. The quantitative estimate of drug-likeness (QED) is 0.756. The van der Waals surface area contributed by atoms with Gasteiger partial charge >= 0.3 is 0 Å². The summed E-state index contributed by atoms with van der Waals surface area (Å²) in [6.07, 6.45) is 2.30. The van der Waals surface area contributed by atoms with Crippen LogP contribution in [0.5, 0.6) is 0 Å². The average molecular weight is 197 g/mol. The van der Waals surface area contributed by atoms with Crippen molar-refractivity contribution in [3.63, 3.8) is 0 Å². The van der Waals surface area contributed by atoms with Crippen LogP contribution < -0.4 is 5.73 Å². The Balaban J connectivity index is 2.25. The van der Waals surface area contributed by atoms with Crippen molar-refractivity contribution in [2.75, 3.05) is 0 Å². The number of aliphatic hydroxyl groups is 1. The number of aryl methyl sites for hydroxylation is 1. The lowest BCUT2D eigenvalue weighted by atomic mass is 9.73. The third-order valence-electron chi connectivity index (χ3n) is 2.78. The summed E-state index contributed by atoms with van der Waals surface area (Å²) >= 11 is 1.72. The first-order valence-electron chi connectivity index (χ1n) is 4.69. The van der Waals surface area contributed by atoms with Gasteiger partial charge in [0.25, 0.3) is 0 Å². The zero-order chi connectivity index (χ0) is 9.47. The van der Waals surface area contributed by atoms with Gasteiger partial charge in [-0.15, -0.1) is 11.3 Å². The molecular weight excluding hydrogens is 182 g/mol. The molecule has 1 aromatic rings. The first kappa shape index (κ1) is 9.19. The highest BCUT2D eigenvalue weighted by Gasteiger charge is 2.43. The fourth-order valence-corrected chi connectivity index (χ4v) is 3.15. The molecule has 0 aromatic carbocycles. The van der Waals surface area contributed by atoms with Crippen LogP contribution in [0.15, 0.2) is 11.4 Å². The Morgan fingerprint density at radius 1 is 1.69 bits per heavy atom. The van der Waals surface area contributed by atoms with E-state index in [1.54, 1.807) is 11.3 Å². The van der Waals surface area contributed by atoms with E-state index in [1.807, 2.05) is 0 Å². The second-order valence-electron chi connectivity index (χ2n) is 3.85. The number of hydrogen-bond donors (Lipinski definition) is 2. The van der Waals surface area contributed by atoms with Crippen molar-refractivity contribution >= 4 is 11.3 Å². The summed E-state index contributed by atoms with van der Waals surface area (Å²) in [5.74, 6) is 0. The lowest BCUT2D eigenvalue weighted by molar-refractivity contribution is 0.0224. The molecule has 0 amide bonds. The maximum atomic E-state index is 9.27. The minimum atomic E-state index is -0.223. The predicted molar refractivity (Wildman–Crippen MR) is 54.8 cm³/mol. The van der Waals surface area contributed by atoms with Crippen molar-refractivity contribution in [2.24, 2.45) is 5.73 Å². The molecular formula is C10H15NOS. The molecule has 1 aromatic heterocycles. The molecule has 0 aliphatic heterocycles. The molecule has 1 aliphatic rings. The van der Waals surface area contributed by atoms with E-state index < -0.39 is 0 Å². The number of nitrogens with two attached hydrogens (primary N) is 1. The normalized spacial score (nSPS) is 33.0. The van der Waals surface area contributed by atoms with Crippen molar-refractivity contribution in [2.45, 2.75) is 37.8 Å². The largest absolute Gasteiger partial charge is 0.393 e. The number of aliphatic hydroxyl groups excluding tert-OH is 1. The monoisotopic (exact) mass is 197 g/mol. The summed E-state index contributed by atoms with van der Waals surface area (Å²) < 4.78 is 0. The Kier molecular flexibility index (Phi) is 2.18. The third-order valence-corrected chi connectivity index (χ3v) is 3.96. The van der Waals surface area contributed by atoms with Crippen LogP contribution in [-0.4, -0.2) is 11.2 Å². The lowest BCUT2D eigenvalue weighted by Gasteiger charge is -2.42. The molecule has 3 heteroatoms. The molecule has 13 heavy (non-hydrogen) atoms. The molecule has 0 saturated heterocycles. The third kappa shape index (κ3) is 1.41. The molecule has 0 spiro atoms. The van der Waals surface area contributed by atoms with Crippen LogP contribution in [0.25, 0.3) is 0 Å². The highest BCUT2D eigenvalue weighted by Crippen LogP contribution is 2.42. The zero-order valence-corrected chi connectivity index (χ0v) is 8.60. The predicted octanol–water partition coefficient (Wildman–Crippen LogP) is 1.62. The van der Waals surface area contributed by atoms with Gasteiger partial charge in [-0.2, -0.15) is 0 Å². The molecule has 0 radical (unpaired) electrons. The second-order valence-corrected chi connectivity index (χ2v) is 4.76. The summed E-state index contributed by atoms with van der Waals surface area (Å²) in [5, 5.41) is 11.4. The molecule has 0 bridgehead atoms. The van der Waals surface area contributed by atoms with Gasteiger partial charge in [0.2, 0.25) is 0 Å². The summed E-state index contributed by atoms with van der Waals surface area (Å²) in [4.78, 5) is 1.28. The molecule has 3 N–H and O–H groups in total. The van der Waals surface area contributed by atoms with Crippen molar-refractivity contribution in [3.8, 4) is 0 Å². The average Bonchev–Trinajstić information content (AvgIpc) is 2.48. The Morgan fingerprint density at radius 2 is 2.38 bits per heavy atom. The van der Waals surface area contributed by atoms with Gasteiger partial charge in [0.05, 0.1) is 11.6 Å². The Bertz CT molecular complexity index is 302. The molecule has 0 atom stereocenters. The second kappa shape index (κ2) is 3.08. The fraction of sp³-hybridized carbons (Fsp3) is 0.600. The van der Waals surface area contributed by atoms with Gasteiger partial charge in [0, 0.05) is 4.88 Å². The van der Waals surface area contributed by atoms with Crippen molar-refractivity contribution < 1.29 is 5.11 Å². The van der Waals surface area contributed by atoms with Crippen molar-refractivity contribution in [1.82, 2.24) is 0 Å². The highest BCUT2D eigenvalue weighted by molar-refractivity contribution is 7.10. The fourth-order valence-electron chi connectivity index (χ4n) is 2.02. The smallest absolute Gasteiger partial charge is 0.0582 e. The summed E-state index contributed by atoms with van der Waals surface area (Å²) in [6.45, 7) is 2.14. The standard InChI is InChI=1S/C10H15NOS/c1-2-7-3-4-13-9(7)10(11)5-8(12)6-10/h3-4,8,12H,2,5-6,11H2,1H3. The molecule has 1 saturated carbocycles.